The van der Waals surface area contributed by atoms with Crippen molar-refractivity contribution < 1.29 is 0 Å². The van der Waals surface area contributed by atoms with Gasteiger partial charge in [-0.15, -0.1) is 11.8 Å². The number of aryl methyl sites for hydroxylation is 1. The summed E-state index contributed by atoms with van der Waals surface area (Å²) in [5.41, 5.74) is 10.0. The summed E-state index contributed by atoms with van der Waals surface area (Å²) in [6.07, 6.45) is 0. The number of nitrogens with two attached hydrogens (primary N) is 1. The number of thioether (sulfide) groups is 2. The van der Waals surface area contributed by atoms with E-state index < -0.39 is 0 Å². The second-order valence-corrected chi connectivity index (χ2v) is 7.16. The van der Waals surface area contributed by atoms with Crippen molar-refractivity contribution in [2.24, 2.45) is 5.73 Å². The van der Waals surface area contributed by atoms with Crippen LogP contribution in [0.25, 0.3) is 0 Å². The summed E-state index contributed by atoms with van der Waals surface area (Å²) in [5, 5.41) is 5.74. The molecule has 21 heavy (non-hydrogen) atoms. The van der Waals surface area contributed by atoms with Crippen LogP contribution in [0.2, 0.25) is 0 Å². The van der Waals surface area contributed by atoms with Crippen molar-refractivity contribution >= 4 is 23.5 Å². The molecule has 0 saturated carbocycles. The Morgan fingerprint density at radius 3 is 2.71 bits per heavy atom. The lowest BCUT2D eigenvalue weighted by molar-refractivity contribution is 0.847. The summed E-state index contributed by atoms with van der Waals surface area (Å²) < 4.78 is 0. The quantitative estimate of drug-likeness (QED) is 0.880. The van der Waals surface area contributed by atoms with E-state index in [9.17, 15) is 0 Å². The lowest BCUT2D eigenvalue weighted by Crippen LogP contribution is -2.11. The van der Waals surface area contributed by atoms with Gasteiger partial charge in [-0.05, 0) is 18.1 Å². The number of hydrogen-bond acceptors (Lipinski definition) is 4. The third-order valence-corrected chi connectivity index (χ3v) is 5.62. The summed E-state index contributed by atoms with van der Waals surface area (Å²) >= 11 is 3.47. The molecule has 3 rings (SSSR count). The van der Waals surface area contributed by atoms with E-state index in [0.29, 0.717) is 0 Å². The van der Waals surface area contributed by atoms with Crippen LogP contribution in [0.1, 0.15) is 22.1 Å². The van der Waals surface area contributed by atoms with Crippen molar-refractivity contribution in [3.05, 3.63) is 81.3 Å². The molecule has 1 atom stereocenters. The van der Waals surface area contributed by atoms with Crippen LogP contribution in [-0.2, 0) is 5.75 Å². The first kappa shape index (κ1) is 14.4. The van der Waals surface area contributed by atoms with Crippen molar-refractivity contribution in [2.75, 3.05) is 0 Å². The highest BCUT2D eigenvalue weighted by atomic mass is 32.2. The lowest BCUT2D eigenvalue weighted by Gasteiger charge is -2.13. The normalized spacial score (nSPS) is 17.9. The van der Waals surface area contributed by atoms with Crippen LogP contribution in [0.4, 0.5) is 0 Å². The van der Waals surface area contributed by atoms with E-state index in [1.165, 1.54) is 16.7 Å². The maximum atomic E-state index is 6.17. The molecule has 0 aromatic heterocycles. The summed E-state index contributed by atoms with van der Waals surface area (Å²) in [5.74, 6) is 0.935. The molecule has 0 saturated heterocycles. The van der Waals surface area contributed by atoms with Gasteiger partial charge in [-0.1, -0.05) is 71.9 Å². The zero-order valence-corrected chi connectivity index (χ0v) is 13.5. The first-order valence-corrected chi connectivity index (χ1v) is 8.75. The minimum absolute atomic E-state index is 0.225. The highest BCUT2D eigenvalue weighted by Gasteiger charge is 2.24. The fourth-order valence-corrected chi connectivity index (χ4v) is 4.35. The van der Waals surface area contributed by atoms with Crippen LogP contribution in [0.5, 0.6) is 0 Å². The Labute approximate surface area is 134 Å². The molecule has 1 heterocycles. The molecule has 4 heteroatoms. The van der Waals surface area contributed by atoms with Gasteiger partial charge in [0.15, 0.2) is 0 Å². The number of rotatable bonds is 4. The predicted molar refractivity (Wildman–Crippen MR) is 93.6 cm³/mol. The monoisotopic (exact) mass is 314 g/mol. The molecule has 0 radical (unpaired) electrons. The van der Waals surface area contributed by atoms with Crippen LogP contribution < -0.4 is 11.1 Å². The zero-order chi connectivity index (χ0) is 14.7. The van der Waals surface area contributed by atoms with Crippen LogP contribution in [0.15, 0.2) is 64.7 Å². The molecule has 1 aliphatic heterocycles. The minimum atomic E-state index is 0.225. The molecule has 0 aliphatic carbocycles. The molecule has 2 aromatic rings. The van der Waals surface area contributed by atoms with Gasteiger partial charge in [-0.25, -0.2) is 0 Å². The Balaban J connectivity index is 1.64. The summed E-state index contributed by atoms with van der Waals surface area (Å²) in [6, 6.07) is 19.0. The zero-order valence-electron chi connectivity index (χ0n) is 11.9. The Kier molecular flexibility index (Phi) is 4.46. The van der Waals surface area contributed by atoms with E-state index in [1.54, 1.807) is 23.5 Å². The van der Waals surface area contributed by atoms with Crippen molar-refractivity contribution in [3.63, 3.8) is 0 Å². The molecule has 0 fully saturated rings. The third kappa shape index (κ3) is 3.57. The Morgan fingerprint density at radius 2 is 1.95 bits per heavy atom. The van der Waals surface area contributed by atoms with E-state index in [4.69, 9.17) is 5.73 Å². The highest BCUT2D eigenvalue weighted by molar-refractivity contribution is 8.07. The first-order chi connectivity index (χ1) is 10.2. The fourth-order valence-electron chi connectivity index (χ4n) is 2.23. The molecule has 1 aliphatic rings. The maximum absolute atomic E-state index is 6.17. The highest BCUT2D eigenvalue weighted by Crippen LogP contribution is 2.41. The third-order valence-electron chi connectivity index (χ3n) is 3.30. The van der Waals surface area contributed by atoms with E-state index in [2.05, 4.69) is 60.8 Å². The molecule has 0 amide bonds. The molecule has 108 valence electrons. The number of benzene rings is 2. The van der Waals surface area contributed by atoms with Crippen LogP contribution >= 0.6 is 23.5 Å². The predicted octanol–water partition coefficient (Wildman–Crippen LogP) is 4.35. The summed E-state index contributed by atoms with van der Waals surface area (Å²) in [6.45, 7) is 2.12. The van der Waals surface area contributed by atoms with E-state index >= 15 is 0 Å². The van der Waals surface area contributed by atoms with Crippen molar-refractivity contribution in [2.45, 2.75) is 18.1 Å². The SMILES string of the molecule is Cc1cccc(C2NC(SCc3ccccc3)=C(N)S2)c1. The summed E-state index contributed by atoms with van der Waals surface area (Å²) in [4.78, 5) is 0. The van der Waals surface area contributed by atoms with Gasteiger partial charge in [0.05, 0.1) is 10.1 Å². The Bertz CT molecular complexity index is 653. The van der Waals surface area contributed by atoms with E-state index in [-0.39, 0.29) is 5.37 Å². The second-order valence-electron chi connectivity index (χ2n) is 5.02. The van der Waals surface area contributed by atoms with Crippen LogP contribution in [-0.4, -0.2) is 0 Å². The van der Waals surface area contributed by atoms with Crippen molar-refractivity contribution in [1.82, 2.24) is 5.32 Å². The molecule has 0 spiro atoms. The average Bonchev–Trinajstić information content (AvgIpc) is 2.87. The topological polar surface area (TPSA) is 38.0 Å². The smallest absolute Gasteiger partial charge is 0.105 e. The van der Waals surface area contributed by atoms with Gasteiger partial charge < -0.3 is 11.1 Å². The van der Waals surface area contributed by atoms with Gasteiger partial charge in [-0.2, -0.15) is 0 Å². The standard InChI is InChI=1S/C17H18N2S2/c1-12-6-5-9-14(10-12)16-19-17(15(18)21-16)20-11-13-7-3-2-4-8-13/h2-10,16,19H,11,18H2,1H3. The number of nitrogens with one attached hydrogen (secondary N) is 1. The molecule has 3 N–H and O–H groups in total. The molecule has 0 bridgehead atoms. The molecule has 1 unspecified atom stereocenters. The first-order valence-electron chi connectivity index (χ1n) is 6.88. The second kappa shape index (κ2) is 6.50. The van der Waals surface area contributed by atoms with E-state index in [0.717, 1.165) is 15.8 Å². The van der Waals surface area contributed by atoms with Crippen molar-refractivity contribution in [3.8, 4) is 0 Å². The van der Waals surface area contributed by atoms with Gasteiger partial charge in [-0.3, -0.25) is 0 Å². The average molecular weight is 314 g/mol. The maximum Gasteiger partial charge on any atom is 0.105 e. The Morgan fingerprint density at radius 1 is 1.14 bits per heavy atom. The van der Waals surface area contributed by atoms with Gasteiger partial charge in [0.2, 0.25) is 0 Å². The lowest BCUT2D eigenvalue weighted by atomic mass is 10.1. The molecular formula is C17H18N2S2. The van der Waals surface area contributed by atoms with Crippen LogP contribution in [0.3, 0.4) is 0 Å². The molecule has 2 nitrogen and oxygen atoms in total. The fraction of sp³-hybridized carbons (Fsp3) is 0.176. The largest absolute Gasteiger partial charge is 0.391 e. The molecule has 2 aromatic carbocycles. The van der Waals surface area contributed by atoms with Gasteiger partial charge >= 0.3 is 0 Å². The van der Waals surface area contributed by atoms with Gasteiger partial charge in [0.25, 0.3) is 0 Å². The van der Waals surface area contributed by atoms with Crippen molar-refractivity contribution in [1.29, 1.82) is 0 Å². The number of hydrogen-bond donors (Lipinski definition) is 2. The van der Waals surface area contributed by atoms with Gasteiger partial charge in [0.1, 0.15) is 5.37 Å². The molecular weight excluding hydrogens is 296 g/mol. The van der Waals surface area contributed by atoms with Crippen LogP contribution in [0, 0.1) is 6.92 Å². The van der Waals surface area contributed by atoms with E-state index in [1.807, 2.05) is 6.07 Å². The minimum Gasteiger partial charge on any atom is -0.391 e. The summed E-state index contributed by atoms with van der Waals surface area (Å²) in [7, 11) is 0. The Hall–Kier alpha value is -1.52. The van der Waals surface area contributed by atoms with Gasteiger partial charge in [0, 0.05) is 5.75 Å².